The van der Waals surface area contributed by atoms with Crippen LogP contribution in [0.1, 0.15) is 30.5 Å². The molecule has 2 aliphatic heterocycles. The van der Waals surface area contributed by atoms with E-state index in [1.54, 1.807) is 6.20 Å². The molecule has 0 radical (unpaired) electrons. The van der Waals surface area contributed by atoms with Crippen LogP contribution in [0.4, 0.5) is 0 Å². The molecule has 1 atom stereocenters. The Labute approximate surface area is 118 Å². The van der Waals surface area contributed by atoms with Crippen LogP contribution in [0.2, 0.25) is 0 Å². The van der Waals surface area contributed by atoms with E-state index >= 15 is 0 Å². The molecular formula is C14H21N3O3. The number of aromatic nitrogens is 2. The highest BCUT2D eigenvalue weighted by Crippen LogP contribution is 2.16. The Hall–Kier alpha value is -1.40. The molecule has 6 nitrogen and oxygen atoms in total. The van der Waals surface area contributed by atoms with Crippen molar-refractivity contribution in [3.8, 4) is 0 Å². The molecule has 0 aliphatic carbocycles. The van der Waals surface area contributed by atoms with Crippen LogP contribution >= 0.6 is 0 Å². The minimum Gasteiger partial charge on any atom is -0.376 e. The SMILES string of the molecule is O=C(COC[C@@H]1CCCCO1)N1CCc2[nH]ncc2C1. The quantitative estimate of drug-likeness (QED) is 0.888. The number of nitrogens with zero attached hydrogens (tertiary/aromatic N) is 2. The van der Waals surface area contributed by atoms with Crippen LogP contribution in [0.15, 0.2) is 6.20 Å². The van der Waals surface area contributed by atoms with Crippen molar-refractivity contribution in [1.29, 1.82) is 0 Å². The minimum atomic E-state index is 0.0488. The lowest BCUT2D eigenvalue weighted by Gasteiger charge is -2.27. The van der Waals surface area contributed by atoms with E-state index in [2.05, 4.69) is 10.2 Å². The van der Waals surface area contributed by atoms with Gasteiger partial charge in [-0.1, -0.05) is 0 Å². The van der Waals surface area contributed by atoms with Crippen molar-refractivity contribution in [1.82, 2.24) is 15.1 Å². The zero-order valence-corrected chi connectivity index (χ0v) is 11.6. The summed E-state index contributed by atoms with van der Waals surface area (Å²) in [6.07, 6.45) is 6.17. The van der Waals surface area contributed by atoms with Crippen molar-refractivity contribution in [3.63, 3.8) is 0 Å². The van der Waals surface area contributed by atoms with Crippen molar-refractivity contribution >= 4 is 5.91 Å². The maximum Gasteiger partial charge on any atom is 0.248 e. The third-order valence-electron chi connectivity index (χ3n) is 3.96. The molecule has 1 N–H and O–H groups in total. The fourth-order valence-corrected chi connectivity index (χ4v) is 2.74. The predicted molar refractivity (Wildman–Crippen MR) is 72.1 cm³/mol. The molecule has 0 saturated carbocycles. The third-order valence-corrected chi connectivity index (χ3v) is 3.96. The summed E-state index contributed by atoms with van der Waals surface area (Å²) in [4.78, 5) is 13.9. The van der Waals surface area contributed by atoms with Gasteiger partial charge in [0.25, 0.3) is 0 Å². The van der Waals surface area contributed by atoms with E-state index in [4.69, 9.17) is 9.47 Å². The highest BCUT2D eigenvalue weighted by molar-refractivity contribution is 5.77. The Morgan fingerprint density at radius 1 is 1.55 bits per heavy atom. The smallest absolute Gasteiger partial charge is 0.248 e. The normalized spacial score (nSPS) is 22.6. The molecule has 110 valence electrons. The molecule has 1 saturated heterocycles. The second-order valence-electron chi connectivity index (χ2n) is 5.44. The van der Waals surface area contributed by atoms with Gasteiger partial charge in [0.05, 0.1) is 18.9 Å². The number of rotatable bonds is 4. The van der Waals surface area contributed by atoms with Crippen LogP contribution in [0.3, 0.4) is 0 Å². The average molecular weight is 279 g/mol. The summed E-state index contributed by atoms with van der Waals surface area (Å²) in [5.74, 6) is 0.0488. The summed E-state index contributed by atoms with van der Waals surface area (Å²) in [7, 11) is 0. The number of carbonyl (C=O) groups is 1. The van der Waals surface area contributed by atoms with E-state index in [1.165, 1.54) is 6.42 Å². The Morgan fingerprint density at radius 3 is 3.35 bits per heavy atom. The van der Waals surface area contributed by atoms with E-state index in [-0.39, 0.29) is 18.6 Å². The molecule has 1 aromatic heterocycles. The highest BCUT2D eigenvalue weighted by Gasteiger charge is 2.22. The van der Waals surface area contributed by atoms with Crippen LogP contribution in [-0.2, 0) is 27.2 Å². The average Bonchev–Trinajstić information content (AvgIpc) is 2.95. The number of hydrogen-bond acceptors (Lipinski definition) is 4. The molecular weight excluding hydrogens is 258 g/mol. The molecule has 1 fully saturated rings. The Kier molecular flexibility index (Phi) is 4.32. The first-order valence-corrected chi connectivity index (χ1v) is 7.31. The lowest BCUT2D eigenvalue weighted by Crippen LogP contribution is -2.38. The molecule has 0 spiro atoms. The van der Waals surface area contributed by atoms with Gasteiger partial charge in [0, 0.05) is 37.4 Å². The zero-order valence-electron chi connectivity index (χ0n) is 11.6. The number of H-pyrrole nitrogens is 1. The van der Waals surface area contributed by atoms with Crippen LogP contribution in [-0.4, -0.2) is 53.5 Å². The van der Waals surface area contributed by atoms with Gasteiger partial charge in [-0.05, 0) is 19.3 Å². The van der Waals surface area contributed by atoms with Gasteiger partial charge in [-0.3, -0.25) is 9.89 Å². The van der Waals surface area contributed by atoms with Gasteiger partial charge in [0.2, 0.25) is 5.91 Å². The summed E-state index contributed by atoms with van der Waals surface area (Å²) in [6, 6.07) is 0. The van der Waals surface area contributed by atoms with Crippen molar-refractivity contribution in [2.24, 2.45) is 0 Å². The summed E-state index contributed by atoms with van der Waals surface area (Å²) < 4.78 is 11.1. The number of ether oxygens (including phenoxy) is 2. The zero-order chi connectivity index (χ0) is 13.8. The van der Waals surface area contributed by atoms with Gasteiger partial charge < -0.3 is 14.4 Å². The first kappa shape index (κ1) is 13.6. The topological polar surface area (TPSA) is 67.5 Å². The number of fused-ring (bicyclic) bond motifs is 1. The summed E-state index contributed by atoms with van der Waals surface area (Å²) in [5.41, 5.74) is 2.26. The first-order chi connectivity index (χ1) is 9.83. The summed E-state index contributed by atoms with van der Waals surface area (Å²) in [6.45, 7) is 2.85. The largest absolute Gasteiger partial charge is 0.376 e. The molecule has 2 aliphatic rings. The Morgan fingerprint density at radius 2 is 2.50 bits per heavy atom. The van der Waals surface area contributed by atoms with Crippen molar-refractivity contribution in [2.75, 3.05) is 26.4 Å². The molecule has 6 heteroatoms. The second-order valence-corrected chi connectivity index (χ2v) is 5.44. The van der Waals surface area contributed by atoms with Gasteiger partial charge in [-0.15, -0.1) is 0 Å². The standard InChI is InChI=1S/C14H21N3O3/c18-14(10-19-9-12-3-1-2-6-20-12)17-5-4-13-11(8-17)7-15-16-13/h7,12H,1-6,8-10H2,(H,15,16)/t12-/m0/s1. The summed E-state index contributed by atoms with van der Waals surface area (Å²) in [5, 5.41) is 6.98. The first-order valence-electron chi connectivity index (χ1n) is 7.31. The van der Waals surface area contributed by atoms with Crippen molar-refractivity contribution in [3.05, 3.63) is 17.5 Å². The van der Waals surface area contributed by atoms with E-state index < -0.39 is 0 Å². The minimum absolute atomic E-state index is 0.0488. The van der Waals surface area contributed by atoms with E-state index in [0.29, 0.717) is 13.2 Å². The molecule has 1 aromatic rings. The number of nitrogens with one attached hydrogen (secondary N) is 1. The van der Waals surface area contributed by atoms with Crippen molar-refractivity contribution < 1.29 is 14.3 Å². The van der Waals surface area contributed by atoms with Gasteiger partial charge in [0.15, 0.2) is 0 Å². The Bertz CT molecular complexity index is 454. The lowest BCUT2D eigenvalue weighted by molar-refractivity contribution is -0.139. The molecule has 20 heavy (non-hydrogen) atoms. The van der Waals surface area contributed by atoms with Gasteiger partial charge >= 0.3 is 0 Å². The maximum absolute atomic E-state index is 12.1. The lowest BCUT2D eigenvalue weighted by atomic mass is 10.1. The number of carbonyl (C=O) groups excluding carboxylic acids is 1. The fourth-order valence-electron chi connectivity index (χ4n) is 2.74. The van der Waals surface area contributed by atoms with Crippen molar-refractivity contribution in [2.45, 2.75) is 38.3 Å². The fraction of sp³-hybridized carbons (Fsp3) is 0.714. The summed E-state index contributed by atoms with van der Waals surface area (Å²) >= 11 is 0. The van der Waals surface area contributed by atoms with E-state index in [9.17, 15) is 4.79 Å². The number of hydrogen-bond donors (Lipinski definition) is 1. The third kappa shape index (κ3) is 3.19. The molecule has 1 amide bonds. The van der Waals surface area contributed by atoms with Crippen LogP contribution < -0.4 is 0 Å². The predicted octanol–water partition coefficient (Wildman–Crippen LogP) is 0.880. The number of aromatic amines is 1. The molecule has 0 aromatic carbocycles. The number of amides is 1. The van der Waals surface area contributed by atoms with Crippen LogP contribution in [0, 0.1) is 0 Å². The monoisotopic (exact) mass is 279 g/mol. The van der Waals surface area contributed by atoms with E-state index in [1.807, 2.05) is 4.90 Å². The molecule has 3 heterocycles. The van der Waals surface area contributed by atoms with Gasteiger partial charge in [-0.2, -0.15) is 5.10 Å². The molecule has 0 bridgehead atoms. The molecule has 0 unspecified atom stereocenters. The Balaban J connectivity index is 1.41. The van der Waals surface area contributed by atoms with E-state index in [0.717, 1.165) is 43.7 Å². The van der Waals surface area contributed by atoms with Gasteiger partial charge in [0.1, 0.15) is 6.61 Å². The van der Waals surface area contributed by atoms with Crippen LogP contribution in [0.5, 0.6) is 0 Å². The van der Waals surface area contributed by atoms with Gasteiger partial charge in [-0.25, -0.2) is 0 Å². The maximum atomic E-state index is 12.1. The highest BCUT2D eigenvalue weighted by atomic mass is 16.5. The molecule has 3 rings (SSSR count). The second kappa shape index (κ2) is 6.37. The van der Waals surface area contributed by atoms with Crippen LogP contribution in [0.25, 0.3) is 0 Å².